The molecule has 3 heterocycles. The highest BCUT2D eigenvalue weighted by Gasteiger charge is 2.41. The fourth-order valence-electron chi connectivity index (χ4n) is 7.24. The van der Waals surface area contributed by atoms with Crippen molar-refractivity contribution in [3.63, 3.8) is 0 Å². The number of hydrogen-bond acceptors (Lipinski definition) is 11. The van der Waals surface area contributed by atoms with Gasteiger partial charge in [0.1, 0.15) is 37.5 Å². The lowest BCUT2D eigenvalue weighted by molar-refractivity contribution is -0.716. The first-order chi connectivity index (χ1) is 23.6. The van der Waals surface area contributed by atoms with Crippen molar-refractivity contribution in [2.45, 2.75) is 172 Å². The topological polar surface area (TPSA) is 239 Å². The molecule has 3 aliphatic rings. The van der Waals surface area contributed by atoms with Gasteiger partial charge in [0.05, 0.1) is 68.6 Å². The van der Waals surface area contributed by atoms with Gasteiger partial charge in [-0.2, -0.15) is 0 Å². The summed E-state index contributed by atoms with van der Waals surface area (Å²) >= 11 is 0. The molecule has 13 nitrogen and oxygen atoms in total. The Balaban J connectivity index is 0. The number of rotatable bonds is 19. The molecule has 3 aliphatic heterocycles. The van der Waals surface area contributed by atoms with Crippen LogP contribution in [0.25, 0.3) is 0 Å². The number of aliphatic hydroxyl groups excluding tert-OH is 10. The minimum absolute atomic E-state index is 0. The van der Waals surface area contributed by atoms with Gasteiger partial charge in [0, 0.05) is 15.0 Å². The molecular formula is C37H81BN3O10+2. The van der Waals surface area contributed by atoms with E-state index < -0.39 is 48.8 Å². The Morgan fingerprint density at radius 3 is 1.59 bits per heavy atom. The molecule has 0 saturated carbocycles. The number of quaternary nitrogens is 2. The van der Waals surface area contributed by atoms with Gasteiger partial charge >= 0.3 is 0 Å². The molecule has 3 saturated heterocycles. The summed E-state index contributed by atoms with van der Waals surface area (Å²) in [4.78, 5) is 1.90. The second-order valence-electron chi connectivity index (χ2n) is 14.6. The summed E-state index contributed by atoms with van der Waals surface area (Å²) in [5.41, 5.74) is 0. The van der Waals surface area contributed by atoms with Crippen LogP contribution in [0.3, 0.4) is 0 Å². The van der Waals surface area contributed by atoms with Crippen molar-refractivity contribution in [1.82, 2.24) is 4.90 Å². The molecule has 3 radical (unpaired) electrons. The van der Waals surface area contributed by atoms with Gasteiger partial charge in [0.15, 0.2) is 0 Å². The summed E-state index contributed by atoms with van der Waals surface area (Å²) in [7, 11) is 0. The van der Waals surface area contributed by atoms with Crippen LogP contribution in [0, 0.1) is 11.8 Å². The Kier molecular flexibility index (Phi) is 32.9. The number of hydrogen-bond donors (Lipinski definition) is 12. The van der Waals surface area contributed by atoms with Crippen LogP contribution in [0.1, 0.15) is 118 Å². The molecule has 0 aromatic heterocycles. The second-order valence-corrected chi connectivity index (χ2v) is 14.6. The summed E-state index contributed by atoms with van der Waals surface area (Å²) in [5, 5.41) is 98.3. The highest BCUT2D eigenvalue weighted by Crippen LogP contribution is 2.21. The lowest BCUT2D eigenvalue weighted by Crippen LogP contribution is -2.97. The molecule has 0 amide bonds. The molecule has 3 rings (SSSR count). The van der Waals surface area contributed by atoms with E-state index >= 15 is 0 Å². The molecule has 3 fully saturated rings. The maximum atomic E-state index is 9.88. The third kappa shape index (κ3) is 20.2. The number of aliphatic hydroxyl groups is 10. The van der Waals surface area contributed by atoms with Crippen LogP contribution in [0.5, 0.6) is 0 Å². The molecule has 14 N–H and O–H groups in total. The Morgan fingerprint density at radius 2 is 1.08 bits per heavy atom. The molecule has 0 aliphatic carbocycles. The van der Waals surface area contributed by atoms with Crippen molar-refractivity contribution in [2.75, 3.05) is 52.5 Å². The third-order valence-electron chi connectivity index (χ3n) is 10.7. The van der Waals surface area contributed by atoms with Crippen LogP contribution in [0.4, 0.5) is 0 Å². The van der Waals surface area contributed by atoms with Gasteiger partial charge in [-0.25, -0.2) is 0 Å². The van der Waals surface area contributed by atoms with E-state index in [9.17, 15) is 40.9 Å². The molecule has 11 atom stereocenters. The van der Waals surface area contributed by atoms with E-state index in [1.165, 1.54) is 70.6 Å². The van der Waals surface area contributed by atoms with Crippen LogP contribution in [0.2, 0.25) is 0 Å². The molecule has 0 bridgehead atoms. The van der Waals surface area contributed by atoms with E-state index in [-0.39, 0.29) is 53.5 Å². The number of unbranched alkanes of at least 4 members (excludes halogenated alkanes) is 12. The second kappa shape index (κ2) is 31.9. The molecule has 5 unspecified atom stereocenters. The smallest absolute Gasteiger partial charge is 0.129 e. The monoisotopic (exact) mass is 739 g/mol. The predicted octanol–water partition coefficient (Wildman–Crippen LogP) is -1.95. The quantitative estimate of drug-likeness (QED) is 0.0514. The lowest BCUT2D eigenvalue weighted by atomic mass is 9.84. The zero-order valence-corrected chi connectivity index (χ0v) is 31.3. The van der Waals surface area contributed by atoms with Gasteiger partial charge in [-0.1, -0.05) is 98.3 Å². The van der Waals surface area contributed by atoms with Crippen molar-refractivity contribution >= 4 is 8.41 Å². The lowest BCUT2D eigenvalue weighted by Gasteiger charge is -2.43. The van der Waals surface area contributed by atoms with E-state index in [0.29, 0.717) is 26.2 Å². The van der Waals surface area contributed by atoms with Crippen molar-refractivity contribution < 1.29 is 61.7 Å². The summed E-state index contributed by atoms with van der Waals surface area (Å²) < 4.78 is 0. The first kappa shape index (κ1) is 52.6. The van der Waals surface area contributed by atoms with Gasteiger partial charge in [-0.05, 0) is 25.8 Å². The first-order valence-corrected chi connectivity index (χ1v) is 19.6. The Hall–Kier alpha value is -0.455. The fourth-order valence-corrected chi connectivity index (χ4v) is 7.24. The summed E-state index contributed by atoms with van der Waals surface area (Å²) in [6.45, 7) is 7.03. The molecular weight excluding hydrogens is 657 g/mol. The van der Waals surface area contributed by atoms with E-state index in [2.05, 4.69) is 19.2 Å². The molecule has 305 valence electrons. The Bertz CT molecular complexity index is 782. The predicted molar refractivity (Wildman–Crippen MR) is 201 cm³/mol. The minimum atomic E-state index is -1.16. The van der Waals surface area contributed by atoms with E-state index in [0.717, 1.165) is 32.2 Å². The number of piperidine rings is 3. The zero-order valence-electron chi connectivity index (χ0n) is 31.3. The Labute approximate surface area is 311 Å². The van der Waals surface area contributed by atoms with Gasteiger partial charge < -0.3 is 61.7 Å². The molecule has 0 spiro atoms. The van der Waals surface area contributed by atoms with Crippen LogP contribution in [-0.2, 0) is 0 Å². The minimum Gasteiger partial charge on any atom is -0.396 e. The van der Waals surface area contributed by atoms with Gasteiger partial charge in [-0.15, -0.1) is 0 Å². The van der Waals surface area contributed by atoms with Crippen molar-refractivity contribution in [3.05, 3.63) is 0 Å². The maximum Gasteiger partial charge on any atom is 0.129 e. The van der Waals surface area contributed by atoms with Crippen LogP contribution >= 0.6 is 0 Å². The van der Waals surface area contributed by atoms with Gasteiger partial charge in [0.2, 0.25) is 0 Å². The molecule has 14 heteroatoms. The number of β-amino-alcohol motifs (C(OH)–C–C–N with tert-alkyl or cyclic N) is 1. The van der Waals surface area contributed by atoms with Crippen molar-refractivity contribution in [1.29, 1.82) is 0 Å². The third-order valence-corrected chi connectivity index (χ3v) is 10.7. The standard InChI is InChI=1S/C15H31NO4.C15H31NO3.C6H13NO3.CH4.B/c1-2-3-4-5-6-7-8-9-16-10-13(18)15(20)14(19)12(16)11-17;1-2-3-4-5-6-7-8-9-13-12(11-17)15(19)14(18)10-16-13;8-3-4-1-7-2-5(9)6(4)10;;/h12-15,17-20H,2-11H2,1H3;12-19H,2-11H2,1H3;4-10H,1-3H2;1H4;/p+2/t2*12?,13?,14-,15-;4?,5-,6-;;/m111../s1. The average molecular weight is 739 g/mol. The maximum absolute atomic E-state index is 9.88. The van der Waals surface area contributed by atoms with E-state index in [1.54, 1.807) is 0 Å². The average Bonchev–Trinajstić information content (AvgIpc) is 3.10. The van der Waals surface area contributed by atoms with Crippen molar-refractivity contribution in [2.24, 2.45) is 11.8 Å². The SMILES string of the molecule is C.CCCCCCCCCC1[NH2+]C[C@@H](O)[C@H](O)C1CO.CCCCCCCCCN1CC(O)[C@@H](O)[C@H](O)C1CO.OCC1C[NH2+]C[C@@H](O)[C@@H]1O.[B]. The van der Waals surface area contributed by atoms with Gasteiger partial charge in [0.25, 0.3) is 0 Å². The van der Waals surface area contributed by atoms with Gasteiger partial charge in [-0.3, -0.25) is 4.90 Å². The summed E-state index contributed by atoms with van der Waals surface area (Å²) in [5.74, 6) is -0.340. The Morgan fingerprint density at radius 1 is 0.549 bits per heavy atom. The van der Waals surface area contributed by atoms with Crippen LogP contribution in [-0.4, -0.2) is 172 Å². The largest absolute Gasteiger partial charge is 0.396 e. The highest BCUT2D eigenvalue weighted by molar-refractivity contribution is 5.75. The molecule has 0 aromatic carbocycles. The number of nitrogens with zero attached hydrogens (tertiary/aromatic N) is 1. The van der Waals surface area contributed by atoms with Crippen LogP contribution in [0.15, 0.2) is 0 Å². The van der Waals surface area contributed by atoms with E-state index in [1.807, 2.05) is 10.2 Å². The number of likely N-dealkylation sites (tertiary alicyclic amines) is 1. The first-order valence-electron chi connectivity index (χ1n) is 19.6. The van der Waals surface area contributed by atoms with E-state index in [4.69, 9.17) is 10.2 Å². The van der Waals surface area contributed by atoms with Crippen molar-refractivity contribution in [3.8, 4) is 0 Å². The number of nitrogens with two attached hydrogens (primary N) is 2. The van der Waals surface area contributed by atoms with Crippen LogP contribution < -0.4 is 10.6 Å². The normalized spacial score (nSPS) is 32.4. The zero-order chi connectivity index (χ0) is 36.6. The summed E-state index contributed by atoms with van der Waals surface area (Å²) in [6.07, 6.45) is 12.4. The fraction of sp³-hybridized carbons (Fsp3) is 1.00. The highest BCUT2D eigenvalue weighted by atomic mass is 16.4. The molecule has 51 heavy (non-hydrogen) atoms. The molecule has 0 aromatic rings. The summed E-state index contributed by atoms with van der Waals surface area (Å²) in [6, 6.07) is -0.201.